The van der Waals surface area contributed by atoms with Crippen LogP contribution < -0.4 is 0 Å². The molecule has 0 spiro atoms. The average Bonchev–Trinajstić information content (AvgIpc) is 3.68. The molecule has 1 aliphatic rings. The van der Waals surface area contributed by atoms with Crippen molar-refractivity contribution in [3.8, 4) is 33.8 Å². The van der Waals surface area contributed by atoms with Gasteiger partial charge in [0, 0.05) is 60.4 Å². The number of rotatable bonds is 5. The van der Waals surface area contributed by atoms with Gasteiger partial charge in [-0.15, -0.1) is 0 Å². The Balaban J connectivity index is 1.28. The summed E-state index contributed by atoms with van der Waals surface area (Å²) in [6, 6.07) is 10.2. The summed E-state index contributed by atoms with van der Waals surface area (Å²) in [6.45, 7) is 3.25. The minimum absolute atomic E-state index is 0.644. The van der Waals surface area contributed by atoms with Crippen LogP contribution >= 0.6 is 0 Å². The number of fused-ring (bicyclic) bond motifs is 2. The van der Waals surface area contributed by atoms with Crippen molar-refractivity contribution in [1.29, 1.82) is 0 Å². The summed E-state index contributed by atoms with van der Waals surface area (Å²) in [5.41, 5.74) is 8.19. The molecule has 1 saturated heterocycles. The maximum Gasteiger partial charge on any atom is 0.161 e. The molecule has 0 unspecified atom stereocenters. The number of imidazole rings is 1. The Labute approximate surface area is 206 Å². The van der Waals surface area contributed by atoms with E-state index in [2.05, 4.69) is 52.1 Å². The van der Waals surface area contributed by atoms with Crippen LogP contribution in [0.2, 0.25) is 0 Å². The highest BCUT2D eigenvalue weighted by Gasteiger charge is 2.17. The van der Waals surface area contributed by atoms with Crippen LogP contribution in [0.4, 0.5) is 0 Å². The third kappa shape index (κ3) is 3.70. The molecule has 1 fully saturated rings. The van der Waals surface area contributed by atoms with Gasteiger partial charge in [-0.25, -0.2) is 15.0 Å². The van der Waals surface area contributed by atoms with E-state index in [9.17, 15) is 0 Å². The van der Waals surface area contributed by atoms with E-state index in [1.807, 2.05) is 36.8 Å². The van der Waals surface area contributed by atoms with E-state index in [1.165, 1.54) is 18.4 Å². The summed E-state index contributed by atoms with van der Waals surface area (Å²) in [7, 11) is 0. The number of pyridine rings is 4. The van der Waals surface area contributed by atoms with Crippen LogP contribution in [0.1, 0.15) is 18.4 Å². The molecule has 0 aromatic carbocycles. The number of nitrogens with zero attached hydrogens (tertiary/aromatic N) is 7. The van der Waals surface area contributed by atoms with Crippen LogP contribution in [0.5, 0.6) is 0 Å². The highest BCUT2D eigenvalue weighted by atomic mass is 15.2. The van der Waals surface area contributed by atoms with Crippen LogP contribution in [0.25, 0.3) is 56.0 Å². The third-order valence-corrected chi connectivity index (χ3v) is 6.75. The van der Waals surface area contributed by atoms with Crippen molar-refractivity contribution in [2.75, 3.05) is 13.1 Å². The molecule has 2 N–H and O–H groups in total. The summed E-state index contributed by atoms with van der Waals surface area (Å²) in [5, 5.41) is 8.48. The second-order valence-electron chi connectivity index (χ2n) is 9.13. The second kappa shape index (κ2) is 8.62. The Morgan fingerprint density at radius 3 is 2.56 bits per heavy atom. The molecule has 1 aliphatic heterocycles. The molecule has 0 amide bonds. The van der Waals surface area contributed by atoms with E-state index in [0.29, 0.717) is 22.8 Å². The largest absolute Gasteiger partial charge is 0.321 e. The van der Waals surface area contributed by atoms with Gasteiger partial charge in [0.25, 0.3) is 0 Å². The predicted molar refractivity (Wildman–Crippen MR) is 138 cm³/mol. The third-order valence-electron chi connectivity index (χ3n) is 6.75. The van der Waals surface area contributed by atoms with Crippen LogP contribution in [0, 0.1) is 0 Å². The number of nitrogens with one attached hydrogen (secondary N) is 2. The van der Waals surface area contributed by atoms with Gasteiger partial charge in [-0.2, -0.15) is 5.10 Å². The maximum absolute atomic E-state index is 4.89. The summed E-state index contributed by atoms with van der Waals surface area (Å²) in [4.78, 5) is 28.5. The smallest absolute Gasteiger partial charge is 0.161 e. The molecule has 0 radical (unpaired) electrons. The lowest BCUT2D eigenvalue weighted by Gasteiger charge is -2.14. The number of aromatic nitrogens is 8. The molecule has 0 saturated carbocycles. The van der Waals surface area contributed by atoms with Gasteiger partial charge in [0.1, 0.15) is 11.2 Å². The first-order chi connectivity index (χ1) is 17.8. The topological polar surface area (TPSA) is 112 Å². The number of H-pyrrole nitrogens is 2. The monoisotopic (exact) mass is 473 g/mol. The Bertz CT molecular complexity index is 1680. The van der Waals surface area contributed by atoms with E-state index >= 15 is 0 Å². The SMILES string of the molecule is c1cc(-c2ccnc3[nH]c(-c4n[nH]c5ncc(-c6cncc(CN7CCCC7)c6)cc45)nc23)ccn1. The second-order valence-corrected chi connectivity index (χ2v) is 9.13. The average molecular weight is 474 g/mol. The van der Waals surface area contributed by atoms with Crippen molar-refractivity contribution in [3.05, 3.63) is 73.1 Å². The van der Waals surface area contributed by atoms with Gasteiger partial charge in [0.15, 0.2) is 17.1 Å². The minimum atomic E-state index is 0.644. The number of likely N-dealkylation sites (tertiary alicyclic amines) is 1. The molecule has 7 heterocycles. The van der Waals surface area contributed by atoms with Crippen LogP contribution in [-0.2, 0) is 6.54 Å². The summed E-state index contributed by atoms with van der Waals surface area (Å²) >= 11 is 0. The quantitative estimate of drug-likeness (QED) is 0.376. The first-order valence-electron chi connectivity index (χ1n) is 12.1. The predicted octanol–water partition coefficient (Wildman–Crippen LogP) is 4.62. The standard InChI is InChI=1S/C27H23N9/c1-2-10-36(9-1)16-17-11-19(14-29-13-17)20-12-22-24(34-35-25(22)31-15-20)27-32-23-21(5-8-30-26(23)33-27)18-3-6-28-7-4-18/h3-8,11-15H,1-2,9-10,16H2,(H,30,32,33)(H,31,34,35). The van der Waals surface area contributed by atoms with Gasteiger partial charge in [0.2, 0.25) is 0 Å². The lowest BCUT2D eigenvalue weighted by atomic mass is 10.1. The molecule has 0 bridgehead atoms. The fourth-order valence-corrected chi connectivity index (χ4v) is 4.96. The number of hydrogen-bond acceptors (Lipinski definition) is 7. The van der Waals surface area contributed by atoms with E-state index in [1.54, 1.807) is 18.6 Å². The molecule has 176 valence electrons. The van der Waals surface area contributed by atoms with Gasteiger partial charge in [0.05, 0.1) is 5.39 Å². The van der Waals surface area contributed by atoms with Gasteiger partial charge >= 0.3 is 0 Å². The Morgan fingerprint density at radius 2 is 1.67 bits per heavy atom. The zero-order valence-corrected chi connectivity index (χ0v) is 19.5. The van der Waals surface area contributed by atoms with E-state index in [4.69, 9.17) is 4.98 Å². The molecular weight excluding hydrogens is 450 g/mol. The summed E-state index contributed by atoms with van der Waals surface area (Å²) in [6.07, 6.45) is 13.6. The molecule has 6 aromatic heterocycles. The first-order valence-corrected chi connectivity index (χ1v) is 12.1. The zero-order chi connectivity index (χ0) is 23.9. The Hall–Kier alpha value is -4.50. The normalized spacial score (nSPS) is 14.2. The van der Waals surface area contributed by atoms with Crippen LogP contribution in [-0.4, -0.2) is 58.1 Å². The first kappa shape index (κ1) is 20.8. The van der Waals surface area contributed by atoms with Crippen molar-refractivity contribution in [2.45, 2.75) is 19.4 Å². The van der Waals surface area contributed by atoms with Crippen LogP contribution in [0.3, 0.4) is 0 Å². The molecule has 0 aliphatic carbocycles. The van der Waals surface area contributed by atoms with Gasteiger partial charge in [-0.3, -0.25) is 20.0 Å². The highest BCUT2D eigenvalue weighted by molar-refractivity contribution is 5.96. The number of hydrogen-bond donors (Lipinski definition) is 2. The lowest BCUT2D eigenvalue weighted by molar-refractivity contribution is 0.331. The van der Waals surface area contributed by atoms with E-state index < -0.39 is 0 Å². The Kier molecular flexibility index (Phi) is 4.99. The van der Waals surface area contributed by atoms with Crippen molar-refractivity contribution in [1.82, 2.24) is 45.0 Å². The lowest BCUT2D eigenvalue weighted by Crippen LogP contribution is -2.18. The van der Waals surface area contributed by atoms with Crippen molar-refractivity contribution in [3.63, 3.8) is 0 Å². The Morgan fingerprint density at radius 1 is 0.806 bits per heavy atom. The van der Waals surface area contributed by atoms with Gasteiger partial charge in [-0.05, 0) is 67.4 Å². The molecule has 36 heavy (non-hydrogen) atoms. The van der Waals surface area contributed by atoms with Crippen molar-refractivity contribution < 1.29 is 0 Å². The molecular formula is C27H23N9. The zero-order valence-electron chi connectivity index (χ0n) is 19.5. The fraction of sp³-hybridized carbons (Fsp3) is 0.185. The summed E-state index contributed by atoms with van der Waals surface area (Å²) < 4.78 is 0. The van der Waals surface area contributed by atoms with Crippen LogP contribution in [0.15, 0.2) is 67.5 Å². The maximum atomic E-state index is 4.89. The van der Waals surface area contributed by atoms with Gasteiger partial charge < -0.3 is 4.98 Å². The van der Waals surface area contributed by atoms with E-state index in [0.717, 1.165) is 52.8 Å². The van der Waals surface area contributed by atoms with Crippen molar-refractivity contribution in [2.24, 2.45) is 0 Å². The number of aromatic amines is 2. The molecule has 0 atom stereocenters. The van der Waals surface area contributed by atoms with Crippen molar-refractivity contribution >= 4 is 22.2 Å². The minimum Gasteiger partial charge on any atom is -0.321 e. The van der Waals surface area contributed by atoms with Gasteiger partial charge in [-0.1, -0.05) is 0 Å². The molecule has 7 rings (SSSR count). The highest BCUT2D eigenvalue weighted by Crippen LogP contribution is 2.31. The fourth-order valence-electron chi connectivity index (χ4n) is 4.96. The van der Waals surface area contributed by atoms with E-state index in [-0.39, 0.29) is 0 Å². The summed E-state index contributed by atoms with van der Waals surface area (Å²) in [5.74, 6) is 0.644. The molecule has 9 heteroatoms. The molecule has 6 aromatic rings. The molecule has 9 nitrogen and oxygen atoms in total.